The SMILES string of the molecule is Fc1cc(Oc2ccccc2)ccc1COC1CCCCO1. The Hall–Kier alpha value is -1.91. The molecule has 3 nitrogen and oxygen atoms in total. The van der Waals surface area contributed by atoms with E-state index in [0.717, 1.165) is 25.9 Å². The van der Waals surface area contributed by atoms with Crippen molar-refractivity contribution in [2.75, 3.05) is 6.61 Å². The van der Waals surface area contributed by atoms with Crippen LogP contribution in [-0.2, 0) is 16.1 Å². The molecule has 1 heterocycles. The third-order valence-corrected chi connectivity index (χ3v) is 3.57. The van der Waals surface area contributed by atoms with Crippen LogP contribution in [0, 0.1) is 5.82 Å². The molecule has 0 amide bonds. The summed E-state index contributed by atoms with van der Waals surface area (Å²) in [5, 5.41) is 0. The fraction of sp³-hybridized carbons (Fsp3) is 0.333. The minimum atomic E-state index is -0.329. The standard InChI is InChI=1S/C18H19FO3/c19-17-12-16(22-15-6-2-1-3-7-15)10-9-14(17)13-21-18-8-4-5-11-20-18/h1-3,6-7,9-10,12,18H,4-5,8,11,13H2. The molecule has 1 saturated heterocycles. The van der Waals surface area contributed by atoms with Crippen molar-refractivity contribution < 1.29 is 18.6 Å². The van der Waals surface area contributed by atoms with E-state index in [-0.39, 0.29) is 18.7 Å². The summed E-state index contributed by atoms with van der Waals surface area (Å²) in [6, 6.07) is 14.1. The summed E-state index contributed by atoms with van der Waals surface area (Å²) in [6.45, 7) is 0.930. The highest BCUT2D eigenvalue weighted by Crippen LogP contribution is 2.24. The maximum Gasteiger partial charge on any atom is 0.158 e. The van der Waals surface area contributed by atoms with Crippen LogP contribution >= 0.6 is 0 Å². The van der Waals surface area contributed by atoms with Crippen molar-refractivity contribution in [3.63, 3.8) is 0 Å². The largest absolute Gasteiger partial charge is 0.457 e. The highest BCUT2D eigenvalue weighted by Gasteiger charge is 2.15. The molecule has 0 bridgehead atoms. The molecule has 3 rings (SSSR count). The first kappa shape index (κ1) is 15.0. The zero-order valence-electron chi connectivity index (χ0n) is 12.3. The Bertz CT molecular complexity index is 595. The van der Waals surface area contributed by atoms with E-state index in [1.165, 1.54) is 6.07 Å². The van der Waals surface area contributed by atoms with Gasteiger partial charge in [-0.3, -0.25) is 0 Å². The van der Waals surface area contributed by atoms with E-state index >= 15 is 0 Å². The van der Waals surface area contributed by atoms with Gasteiger partial charge in [0.15, 0.2) is 6.29 Å². The van der Waals surface area contributed by atoms with Gasteiger partial charge >= 0.3 is 0 Å². The number of rotatable bonds is 5. The van der Waals surface area contributed by atoms with Crippen molar-refractivity contribution in [1.29, 1.82) is 0 Å². The van der Waals surface area contributed by atoms with Crippen LogP contribution in [0.15, 0.2) is 48.5 Å². The Kier molecular flexibility index (Phi) is 5.03. The van der Waals surface area contributed by atoms with Crippen LogP contribution in [0.2, 0.25) is 0 Å². The molecule has 1 aliphatic heterocycles. The van der Waals surface area contributed by atoms with Gasteiger partial charge in [-0.05, 0) is 37.5 Å². The molecule has 2 aromatic rings. The third-order valence-electron chi connectivity index (χ3n) is 3.57. The fourth-order valence-electron chi connectivity index (χ4n) is 2.36. The second-order valence-corrected chi connectivity index (χ2v) is 5.28. The topological polar surface area (TPSA) is 27.7 Å². The minimum Gasteiger partial charge on any atom is -0.457 e. The van der Waals surface area contributed by atoms with E-state index in [2.05, 4.69) is 0 Å². The summed E-state index contributed by atoms with van der Waals surface area (Å²) in [5.74, 6) is 0.826. The Morgan fingerprint density at radius 2 is 1.91 bits per heavy atom. The molecule has 0 radical (unpaired) electrons. The van der Waals surface area contributed by atoms with Crippen LogP contribution in [-0.4, -0.2) is 12.9 Å². The van der Waals surface area contributed by atoms with E-state index in [1.54, 1.807) is 12.1 Å². The lowest BCUT2D eigenvalue weighted by Crippen LogP contribution is -2.22. The van der Waals surface area contributed by atoms with Crippen molar-refractivity contribution in [1.82, 2.24) is 0 Å². The molecule has 2 aromatic carbocycles. The molecule has 22 heavy (non-hydrogen) atoms. The second-order valence-electron chi connectivity index (χ2n) is 5.28. The second kappa shape index (κ2) is 7.38. The van der Waals surface area contributed by atoms with E-state index in [4.69, 9.17) is 14.2 Å². The first-order valence-corrected chi connectivity index (χ1v) is 7.56. The number of benzene rings is 2. The summed E-state index contributed by atoms with van der Waals surface area (Å²) >= 11 is 0. The van der Waals surface area contributed by atoms with Gasteiger partial charge in [-0.1, -0.05) is 24.3 Å². The maximum absolute atomic E-state index is 14.1. The molecule has 4 heteroatoms. The predicted molar refractivity (Wildman–Crippen MR) is 81.3 cm³/mol. The van der Waals surface area contributed by atoms with Crippen LogP contribution in [0.3, 0.4) is 0 Å². The summed E-state index contributed by atoms with van der Waals surface area (Å²) in [5.41, 5.74) is 0.509. The van der Waals surface area contributed by atoms with Crippen molar-refractivity contribution in [3.8, 4) is 11.5 Å². The lowest BCUT2D eigenvalue weighted by Gasteiger charge is -2.22. The van der Waals surface area contributed by atoms with Crippen molar-refractivity contribution >= 4 is 0 Å². The number of halogens is 1. The maximum atomic E-state index is 14.1. The molecule has 0 aromatic heterocycles. The van der Waals surface area contributed by atoms with Gasteiger partial charge in [0.2, 0.25) is 0 Å². The number of hydrogen-bond acceptors (Lipinski definition) is 3. The van der Waals surface area contributed by atoms with E-state index in [9.17, 15) is 4.39 Å². The van der Waals surface area contributed by atoms with Crippen molar-refractivity contribution in [3.05, 3.63) is 59.9 Å². The molecule has 1 unspecified atom stereocenters. The van der Waals surface area contributed by atoms with E-state index < -0.39 is 0 Å². The minimum absolute atomic E-state index is 0.210. The molecule has 0 saturated carbocycles. The zero-order valence-corrected chi connectivity index (χ0v) is 12.3. The molecule has 116 valence electrons. The van der Waals surface area contributed by atoms with Gasteiger partial charge in [0, 0.05) is 18.2 Å². The average molecular weight is 302 g/mol. The van der Waals surface area contributed by atoms with Crippen LogP contribution in [0.5, 0.6) is 11.5 Å². The van der Waals surface area contributed by atoms with Gasteiger partial charge in [0.1, 0.15) is 17.3 Å². The molecular formula is C18H19FO3. The molecule has 1 aliphatic rings. The van der Waals surface area contributed by atoms with Gasteiger partial charge in [-0.2, -0.15) is 0 Å². The molecule has 0 aliphatic carbocycles. The fourth-order valence-corrected chi connectivity index (χ4v) is 2.36. The van der Waals surface area contributed by atoms with Crippen LogP contribution in [0.25, 0.3) is 0 Å². The van der Waals surface area contributed by atoms with Gasteiger partial charge < -0.3 is 14.2 Å². The lowest BCUT2D eigenvalue weighted by molar-refractivity contribution is -0.169. The predicted octanol–water partition coefficient (Wildman–Crippen LogP) is 4.66. The van der Waals surface area contributed by atoms with Gasteiger partial charge in [-0.15, -0.1) is 0 Å². The van der Waals surface area contributed by atoms with Gasteiger partial charge in [0.05, 0.1) is 6.61 Å². The summed E-state index contributed by atoms with van der Waals surface area (Å²) in [6.07, 6.45) is 2.82. The third kappa shape index (κ3) is 4.06. The molecule has 1 atom stereocenters. The monoisotopic (exact) mass is 302 g/mol. The number of ether oxygens (including phenoxy) is 3. The zero-order chi connectivity index (χ0) is 15.2. The number of hydrogen-bond donors (Lipinski definition) is 0. The quantitative estimate of drug-likeness (QED) is 0.804. The van der Waals surface area contributed by atoms with Crippen LogP contribution in [0.4, 0.5) is 4.39 Å². The number of para-hydroxylation sites is 1. The first-order valence-electron chi connectivity index (χ1n) is 7.56. The normalized spacial score (nSPS) is 18.1. The molecule has 1 fully saturated rings. The Balaban J connectivity index is 1.59. The first-order chi connectivity index (χ1) is 10.8. The Morgan fingerprint density at radius 3 is 2.64 bits per heavy atom. The molecule has 0 N–H and O–H groups in total. The van der Waals surface area contributed by atoms with Gasteiger partial charge in [0.25, 0.3) is 0 Å². The van der Waals surface area contributed by atoms with E-state index in [0.29, 0.717) is 17.1 Å². The van der Waals surface area contributed by atoms with E-state index in [1.807, 2.05) is 30.3 Å². The smallest absolute Gasteiger partial charge is 0.158 e. The van der Waals surface area contributed by atoms with Crippen molar-refractivity contribution in [2.45, 2.75) is 32.2 Å². The van der Waals surface area contributed by atoms with Crippen LogP contribution in [0.1, 0.15) is 24.8 Å². The highest BCUT2D eigenvalue weighted by molar-refractivity contribution is 5.33. The Labute approximate surface area is 129 Å². The van der Waals surface area contributed by atoms with Gasteiger partial charge in [-0.25, -0.2) is 4.39 Å². The molecule has 0 spiro atoms. The summed E-state index contributed by atoms with van der Waals surface area (Å²) in [4.78, 5) is 0. The van der Waals surface area contributed by atoms with Crippen LogP contribution < -0.4 is 4.74 Å². The highest BCUT2D eigenvalue weighted by atomic mass is 19.1. The lowest BCUT2D eigenvalue weighted by atomic mass is 10.2. The summed E-state index contributed by atoms with van der Waals surface area (Å²) < 4.78 is 30.8. The average Bonchev–Trinajstić information content (AvgIpc) is 2.56. The molecular weight excluding hydrogens is 283 g/mol. The summed E-state index contributed by atoms with van der Waals surface area (Å²) in [7, 11) is 0. The Morgan fingerprint density at radius 1 is 1.05 bits per heavy atom. The van der Waals surface area contributed by atoms with Crippen molar-refractivity contribution in [2.24, 2.45) is 0 Å².